The van der Waals surface area contributed by atoms with Crippen LogP contribution in [0.1, 0.15) is 33.1 Å². The number of nitrogens with one attached hydrogen (secondary N) is 1. The molecule has 1 saturated carbocycles. The molecule has 3 nitrogen and oxygen atoms in total. The highest BCUT2D eigenvalue weighted by Gasteiger charge is 2.51. The molecule has 86 valence electrons. The van der Waals surface area contributed by atoms with Gasteiger partial charge in [-0.15, -0.1) is 0 Å². The maximum absolute atomic E-state index is 11.3. The third-order valence-corrected chi connectivity index (χ3v) is 4.63. The molecule has 1 heterocycles. The zero-order valence-electron chi connectivity index (χ0n) is 9.62. The van der Waals surface area contributed by atoms with Crippen LogP contribution in [0.25, 0.3) is 0 Å². The van der Waals surface area contributed by atoms with Gasteiger partial charge in [0.1, 0.15) is 0 Å². The van der Waals surface area contributed by atoms with Crippen molar-refractivity contribution in [1.82, 2.24) is 5.32 Å². The second-order valence-electron chi connectivity index (χ2n) is 5.54. The topological polar surface area (TPSA) is 49.3 Å². The number of carboxylic acid groups (broad SMARTS) is 1. The first-order chi connectivity index (χ1) is 7.06. The van der Waals surface area contributed by atoms with E-state index in [4.69, 9.17) is 0 Å². The maximum Gasteiger partial charge on any atom is 0.308 e. The Kier molecular flexibility index (Phi) is 2.75. The van der Waals surface area contributed by atoms with Gasteiger partial charge in [-0.25, -0.2) is 0 Å². The summed E-state index contributed by atoms with van der Waals surface area (Å²) in [5, 5.41) is 12.6. The van der Waals surface area contributed by atoms with Crippen molar-refractivity contribution in [2.24, 2.45) is 23.2 Å². The number of rotatable bonds is 1. The minimum Gasteiger partial charge on any atom is -0.481 e. The van der Waals surface area contributed by atoms with E-state index in [0.29, 0.717) is 12.5 Å². The summed E-state index contributed by atoms with van der Waals surface area (Å²) in [7, 11) is 0. The van der Waals surface area contributed by atoms with Crippen LogP contribution in [0.4, 0.5) is 0 Å². The average Bonchev–Trinajstić information content (AvgIpc) is 2.57. The molecule has 3 heteroatoms. The van der Waals surface area contributed by atoms with Crippen LogP contribution in [0.5, 0.6) is 0 Å². The highest BCUT2D eigenvalue weighted by atomic mass is 16.4. The van der Waals surface area contributed by atoms with E-state index in [-0.39, 0.29) is 11.3 Å². The lowest BCUT2D eigenvalue weighted by molar-refractivity contribution is -0.147. The standard InChI is InChI=1S/C12H21NO2/c1-8-3-4-12(9(2)5-8)7-13-6-10(12)11(14)15/h8-10,13H,3-7H2,1-2H3,(H,14,15). The molecule has 0 aromatic rings. The van der Waals surface area contributed by atoms with Crippen molar-refractivity contribution < 1.29 is 9.90 Å². The third kappa shape index (κ3) is 1.67. The quantitative estimate of drug-likeness (QED) is 0.694. The molecule has 2 aliphatic rings. The molecule has 4 unspecified atom stereocenters. The molecule has 0 radical (unpaired) electrons. The zero-order valence-corrected chi connectivity index (χ0v) is 9.62. The summed E-state index contributed by atoms with van der Waals surface area (Å²) >= 11 is 0. The van der Waals surface area contributed by atoms with E-state index in [1.165, 1.54) is 12.8 Å². The van der Waals surface area contributed by atoms with Gasteiger partial charge in [0.25, 0.3) is 0 Å². The lowest BCUT2D eigenvalue weighted by Gasteiger charge is -2.44. The number of carboxylic acids is 1. The van der Waals surface area contributed by atoms with Gasteiger partial charge in [-0.05, 0) is 30.1 Å². The van der Waals surface area contributed by atoms with E-state index in [1.807, 2.05) is 0 Å². The van der Waals surface area contributed by atoms with Gasteiger partial charge in [0, 0.05) is 13.1 Å². The molecule has 15 heavy (non-hydrogen) atoms. The smallest absolute Gasteiger partial charge is 0.308 e. The van der Waals surface area contributed by atoms with Crippen molar-refractivity contribution in [1.29, 1.82) is 0 Å². The summed E-state index contributed by atoms with van der Waals surface area (Å²) in [5.74, 6) is 0.527. The number of carbonyl (C=O) groups is 1. The second-order valence-corrected chi connectivity index (χ2v) is 5.54. The maximum atomic E-state index is 11.3. The van der Waals surface area contributed by atoms with Gasteiger partial charge >= 0.3 is 5.97 Å². The SMILES string of the molecule is CC1CCC2(CNCC2C(=O)O)C(C)C1. The van der Waals surface area contributed by atoms with E-state index in [9.17, 15) is 9.90 Å². The van der Waals surface area contributed by atoms with E-state index in [2.05, 4.69) is 19.2 Å². The summed E-state index contributed by atoms with van der Waals surface area (Å²) in [6.45, 7) is 6.08. The van der Waals surface area contributed by atoms with Crippen LogP contribution < -0.4 is 5.32 Å². The molecule has 0 aromatic heterocycles. The predicted octanol–water partition coefficient (Wildman–Crippen LogP) is 1.73. The van der Waals surface area contributed by atoms with E-state index >= 15 is 0 Å². The largest absolute Gasteiger partial charge is 0.481 e. The molecule has 2 rings (SSSR count). The summed E-state index contributed by atoms with van der Waals surface area (Å²) in [6, 6.07) is 0. The molecule has 1 spiro atoms. The van der Waals surface area contributed by atoms with Crippen molar-refractivity contribution in [2.45, 2.75) is 33.1 Å². The van der Waals surface area contributed by atoms with Gasteiger partial charge < -0.3 is 10.4 Å². The molecular weight excluding hydrogens is 190 g/mol. The normalized spacial score (nSPS) is 45.9. The molecule has 2 N–H and O–H groups in total. The van der Waals surface area contributed by atoms with Crippen molar-refractivity contribution in [2.75, 3.05) is 13.1 Å². The Balaban J connectivity index is 2.20. The van der Waals surface area contributed by atoms with Crippen molar-refractivity contribution in [3.63, 3.8) is 0 Å². The van der Waals surface area contributed by atoms with Gasteiger partial charge in [-0.1, -0.05) is 20.3 Å². The van der Waals surface area contributed by atoms with Crippen molar-refractivity contribution in [3.05, 3.63) is 0 Å². The van der Waals surface area contributed by atoms with E-state index in [1.54, 1.807) is 0 Å². The highest BCUT2D eigenvalue weighted by Crippen LogP contribution is 2.50. The first-order valence-corrected chi connectivity index (χ1v) is 6.00. The molecule has 2 fully saturated rings. The molecule has 4 atom stereocenters. The fourth-order valence-corrected chi connectivity index (χ4v) is 3.61. The lowest BCUT2D eigenvalue weighted by atomic mass is 9.60. The van der Waals surface area contributed by atoms with Crippen LogP contribution in [0.2, 0.25) is 0 Å². The number of aliphatic carboxylic acids is 1. The highest BCUT2D eigenvalue weighted by molar-refractivity contribution is 5.72. The van der Waals surface area contributed by atoms with Crippen LogP contribution in [0.3, 0.4) is 0 Å². The van der Waals surface area contributed by atoms with Crippen LogP contribution in [0.15, 0.2) is 0 Å². The Morgan fingerprint density at radius 3 is 2.80 bits per heavy atom. The predicted molar refractivity (Wildman–Crippen MR) is 58.6 cm³/mol. The van der Waals surface area contributed by atoms with Gasteiger partial charge in [0.15, 0.2) is 0 Å². The molecule has 1 aliphatic heterocycles. The molecule has 0 bridgehead atoms. The molecular formula is C12H21NO2. The fraction of sp³-hybridized carbons (Fsp3) is 0.917. The van der Waals surface area contributed by atoms with Gasteiger partial charge in [0.05, 0.1) is 5.92 Å². The molecule has 1 aliphatic carbocycles. The van der Waals surface area contributed by atoms with Gasteiger partial charge in [0.2, 0.25) is 0 Å². The van der Waals surface area contributed by atoms with Crippen LogP contribution in [-0.2, 0) is 4.79 Å². The number of hydrogen-bond donors (Lipinski definition) is 2. The Bertz CT molecular complexity index is 266. The Labute approximate surface area is 91.2 Å². The average molecular weight is 211 g/mol. The van der Waals surface area contributed by atoms with Crippen LogP contribution in [0, 0.1) is 23.2 Å². The van der Waals surface area contributed by atoms with E-state index < -0.39 is 5.97 Å². The first kappa shape index (κ1) is 10.9. The van der Waals surface area contributed by atoms with Crippen LogP contribution >= 0.6 is 0 Å². The van der Waals surface area contributed by atoms with Gasteiger partial charge in [-0.2, -0.15) is 0 Å². The summed E-state index contributed by atoms with van der Waals surface area (Å²) in [6.07, 6.45) is 3.46. The minimum absolute atomic E-state index is 0.0400. The van der Waals surface area contributed by atoms with Crippen molar-refractivity contribution >= 4 is 5.97 Å². The minimum atomic E-state index is -0.610. The Morgan fingerprint density at radius 1 is 1.47 bits per heavy atom. The Morgan fingerprint density at radius 2 is 2.20 bits per heavy atom. The van der Waals surface area contributed by atoms with Gasteiger partial charge in [-0.3, -0.25) is 4.79 Å². The van der Waals surface area contributed by atoms with Crippen LogP contribution in [-0.4, -0.2) is 24.2 Å². The van der Waals surface area contributed by atoms with Crippen molar-refractivity contribution in [3.8, 4) is 0 Å². The fourth-order valence-electron chi connectivity index (χ4n) is 3.61. The summed E-state index contributed by atoms with van der Waals surface area (Å²) < 4.78 is 0. The first-order valence-electron chi connectivity index (χ1n) is 6.00. The molecule has 0 amide bonds. The lowest BCUT2D eigenvalue weighted by Crippen LogP contribution is -2.43. The summed E-state index contributed by atoms with van der Waals surface area (Å²) in [4.78, 5) is 11.3. The second kappa shape index (κ2) is 3.78. The zero-order chi connectivity index (χ0) is 11.1. The molecule has 0 aromatic carbocycles. The monoisotopic (exact) mass is 211 g/mol. The summed E-state index contributed by atoms with van der Waals surface area (Å²) in [5.41, 5.74) is 0.0400. The Hall–Kier alpha value is -0.570. The molecule has 1 saturated heterocycles. The van der Waals surface area contributed by atoms with E-state index in [0.717, 1.165) is 18.9 Å². The number of hydrogen-bond acceptors (Lipinski definition) is 2. The third-order valence-electron chi connectivity index (χ3n) is 4.63.